The molecular formula is C29H46N2O6S. The minimum absolute atomic E-state index is 0.0505. The van der Waals surface area contributed by atoms with Crippen molar-refractivity contribution < 1.29 is 27.5 Å². The van der Waals surface area contributed by atoms with Crippen molar-refractivity contribution in [2.45, 2.75) is 85.1 Å². The number of nitrogens with zero attached hydrogens (tertiary/aromatic N) is 1. The van der Waals surface area contributed by atoms with Crippen LogP contribution in [0.1, 0.15) is 67.9 Å². The van der Waals surface area contributed by atoms with E-state index in [1.165, 1.54) is 4.90 Å². The van der Waals surface area contributed by atoms with Gasteiger partial charge in [-0.05, 0) is 30.7 Å². The van der Waals surface area contributed by atoms with Gasteiger partial charge in [0.05, 0.1) is 12.6 Å². The second-order valence-electron chi connectivity index (χ2n) is 11.9. The van der Waals surface area contributed by atoms with Gasteiger partial charge in [-0.1, -0.05) is 84.9 Å². The quantitative estimate of drug-likeness (QED) is 0.331. The first-order chi connectivity index (χ1) is 17.3. The highest BCUT2D eigenvalue weighted by Crippen LogP contribution is 2.32. The van der Waals surface area contributed by atoms with Crippen LogP contribution in [0.2, 0.25) is 0 Å². The van der Waals surface area contributed by atoms with Crippen molar-refractivity contribution >= 4 is 27.6 Å². The summed E-state index contributed by atoms with van der Waals surface area (Å²) in [7, 11) is -2.25. The van der Waals surface area contributed by atoms with E-state index in [4.69, 9.17) is 4.74 Å². The molecule has 0 aromatic heterocycles. The summed E-state index contributed by atoms with van der Waals surface area (Å²) >= 11 is 0. The highest BCUT2D eigenvalue weighted by Gasteiger charge is 2.46. The standard InChI is InChI=1S/C29H46N2O6S/c1-12-37-27(34)20(4)18-22(19(2)3)31(10)26(33)23(28(5,6)7)30-25(32)24(38(11,35)36)29(8,9)21-16-14-13-15-17-21/h13-19,22-24H,12H2,1-11H3,(H,30,32)/b20-18+/t22-,23-,24+/m1/s1. The number of esters is 1. The van der Waals surface area contributed by atoms with Gasteiger partial charge in [-0.25, -0.2) is 13.2 Å². The summed E-state index contributed by atoms with van der Waals surface area (Å²) in [6, 6.07) is 7.51. The van der Waals surface area contributed by atoms with Gasteiger partial charge >= 0.3 is 5.97 Å². The fraction of sp³-hybridized carbons (Fsp3) is 0.621. The summed E-state index contributed by atoms with van der Waals surface area (Å²) in [5.41, 5.74) is -0.721. The van der Waals surface area contributed by atoms with Crippen molar-refractivity contribution in [1.82, 2.24) is 10.2 Å². The minimum atomic E-state index is -3.87. The predicted molar refractivity (Wildman–Crippen MR) is 151 cm³/mol. The first-order valence-electron chi connectivity index (χ1n) is 12.9. The molecule has 2 amide bonds. The Balaban J connectivity index is 3.45. The average Bonchev–Trinajstić information content (AvgIpc) is 2.78. The molecule has 1 aromatic rings. The first kappa shape index (κ1) is 33.3. The normalized spacial score (nSPS) is 15.4. The Morgan fingerprint density at radius 3 is 2.00 bits per heavy atom. The van der Waals surface area contributed by atoms with Gasteiger partial charge in [0, 0.05) is 24.3 Å². The number of hydrogen-bond donors (Lipinski definition) is 1. The van der Waals surface area contributed by atoms with E-state index in [1.807, 2.05) is 40.7 Å². The van der Waals surface area contributed by atoms with Crippen molar-refractivity contribution in [2.75, 3.05) is 19.9 Å². The number of sulfone groups is 1. The lowest BCUT2D eigenvalue weighted by atomic mass is 9.80. The maximum atomic E-state index is 13.9. The maximum Gasteiger partial charge on any atom is 0.333 e. The van der Waals surface area contributed by atoms with Crippen molar-refractivity contribution in [3.8, 4) is 0 Å². The Kier molecular flexibility index (Phi) is 11.3. The number of hydrogen-bond acceptors (Lipinski definition) is 6. The highest BCUT2D eigenvalue weighted by molar-refractivity contribution is 7.92. The number of benzene rings is 1. The zero-order valence-electron chi connectivity index (χ0n) is 24.8. The van der Waals surface area contributed by atoms with Crippen LogP contribution < -0.4 is 5.32 Å². The summed E-state index contributed by atoms with van der Waals surface area (Å²) in [5.74, 6) is -1.63. The van der Waals surface area contributed by atoms with Gasteiger partial charge in [-0.15, -0.1) is 0 Å². The van der Waals surface area contributed by atoms with E-state index in [1.54, 1.807) is 65.1 Å². The third-order valence-electron chi connectivity index (χ3n) is 6.74. The average molecular weight is 551 g/mol. The first-order valence-corrected chi connectivity index (χ1v) is 14.9. The molecule has 38 heavy (non-hydrogen) atoms. The molecule has 0 bridgehead atoms. The Hall–Kier alpha value is -2.68. The van der Waals surface area contributed by atoms with E-state index in [0.717, 1.165) is 6.26 Å². The molecule has 1 N–H and O–H groups in total. The van der Waals surface area contributed by atoms with Gasteiger partial charge in [0.25, 0.3) is 0 Å². The molecule has 0 aliphatic carbocycles. The second kappa shape index (κ2) is 12.9. The van der Waals surface area contributed by atoms with Crippen LogP contribution in [0.25, 0.3) is 0 Å². The summed E-state index contributed by atoms with van der Waals surface area (Å²) in [6.07, 6.45) is 2.74. The minimum Gasteiger partial charge on any atom is -0.463 e. The lowest BCUT2D eigenvalue weighted by molar-refractivity contribution is -0.140. The topological polar surface area (TPSA) is 110 Å². The van der Waals surface area contributed by atoms with Crippen LogP contribution in [0, 0.1) is 11.3 Å². The van der Waals surface area contributed by atoms with Crippen LogP contribution >= 0.6 is 0 Å². The Labute approximate surface area is 229 Å². The molecule has 0 aliphatic heterocycles. The van der Waals surface area contributed by atoms with Gasteiger partial charge < -0.3 is 15.0 Å². The fourth-order valence-corrected chi connectivity index (χ4v) is 6.28. The zero-order chi connectivity index (χ0) is 29.6. The second-order valence-corrected chi connectivity index (χ2v) is 14.0. The molecule has 0 radical (unpaired) electrons. The zero-order valence-corrected chi connectivity index (χ0v) is 25.6. The molecule has 9 heteroatoms. The molecule has 1 rings (SSSR count). The molecule has 0 unspecified atom stereocenters. The van der Waals surface area contributed by atoms with Gasteiger partial charge in [0.15, 0.2) is 9.84 Å². The Morgan fingerprint density at radius 1 is 1.05 bits per heavy atom. The van der Waals surface area contributed by atoms with Crippen molar-refractivity contribution in [2.24, 2.45) is 11.3 Å². The molecule has 0 spiro atoms. The van der Waals surface area contributed by atoms with E-state index in [0.29, 0.717) is 11.1 Å². The lowest BCUT2D eigenvalue weighted by Gasteiger charge is -2.39. The highest BCUT2D eigenvalue weighted by atomic mass is 32.2. The van der Waals surface area contributed by atoms with E-state index < -0.39 is 49.9 Å². The number of amides is 2. The molecule has 0 fully saturated rings. The number of carbonyl (C=O) groups is 3. The molecule has 8 nitrogen and oxygen atoms in total. The number of carbonyl (C=O) groups excluding carboxylic acids is 3. The molecule has 0 saturated heterocycles. The van der Waals surface area contributed by atoms with E-state index >= 15 is 0 Å². The molecule has 0 aliphatic rings. The molecule has 0 heterocycles. The lowest BCUT2D eigenvalue weighted by Crippen LogP contribution is -2.60. The summed E-state index contributed by atoms with van der Waals surface area (Å²) in [4.78, 5) is 41.3. The number of rotatable bonds is 11. The number of ether oxygens (including phenoxy) is 1. The van der Waals surface area contributed by atoms with Crippen molar-refractivity contribution in [3.05, 3.63) is 47.5 Å². The maximum absolute atomic E-state index is 13.9. The number of likely N-dealkylation sites (N-methyl/N-ethyl adjacent to an activating group) is 1. The third kappa shape index (κ3) is 8.41. The van der Waals surface area contributed by atoms with E-state index in [2.05, 4.69) is 5.32 Å². The summed E-state index contributed by atoms with van der Waals surface area (Å²) in [6.45, 7) is 16.3. The van der Waals surface area contributed by atoms with Gasteiger partial charge in [-0.3, -0.25) is 9.59 Å². The summed E-state index contributed by atoms with van der Waals surface area (Å²) in [5, 5.41) is 1.36. The van der Waals surface area contributed by atoms with Crippen LogP contribution in [-0.4, -0.2) is 68.3 Å². The van der Waals surface area contributed by atoms with Crippen molar-refractivity contribution in [3.63, 3.8) is 0 Å². The Morgan fingerprint density at radius 2 is 1.58 bits per heavy atom. The molecule has 3 atom stereocenters. The van der Waals surface area contributed by atoms with Crippen LogP contribution in [0.3, 0.4) is 0 Å². The molecule has 214 valence electrons. The molecule has 0 saturated carbocycles. The monoisotopic (exact) mass is 550 g/mol. The smallest absolute Gasteiger partial charge is 0.333 e. The Bertz CT molecular complexity index is 1120. The SMILES string of the molecule is CCOC(=O)/C(C)=C/[C@H](C(C)C)N(C)C(=O)[C@@H](NC(=O)[C@@H](C(C)(C)c1ccccc1)S(C)(=O)=O)C(C)(C)C. The molecular weight excluding hydrogens is 504 g/mol. The van der Waals surface area contributed by atoms with Gasteiger partial charge in [0.1, 0.15) is 11.3 Å². The van der Waals surface area contributed by atoms with Crippen LogP contribution in [0.15, 0.2) is 42.0 Å². The van der Waals surface area contributed by atoms with E-state index in [-0.39, 0.29) is 18.4 Å². The molecule has 1 aromatic carbocycles. The predicted octanol–water partition coefficient (Wildman–Crippen LogP) is 3.90. The van der Waals surface area contributed by atoms with Gasteiger partial charge in [-0.2, -0.15) is 0 Å². The van der Waals surface area contributed by atoms with Crippen LogP contribution in [0.4, 0.5) is 0 Å². The largest absolute Gasteiger partial charge is 0.463 e. The fourth-order valence-electron chi connectivity index (χ4n) is 4.61. The summed E-state index contributed by atoms with van der Waals surface area (Å²) < 4.78 is 31.0. The van der Waals surface area contributed by atoms with Crippen LogP contribution in [-0.2, 0) is 34.4 Å². The van der Waals surface area contributed by atoms with Gasteiger partial charge in [0.2, 0.25) is 11.8 Å². The number of nitrogens with one attached hydrogen (secondary N) is 1. The van der Waals surface area contributed by atoms with Crippen molar-refractivity contribution in [1.29, 1.82) is 0 Å². The van der Waals surface area contributed by atoms with Crippen LogP contribution in [0.5, 0.6) is 0 Å². The van der Waals surface area contributed by atoms with E-state index in [9.17, 15) is 22.8 Å². The third-order valence-corrected chi connectivity index (χ3v) is 8.39.